The molecule has 10 heteroatoms. The van der Waals surface area contributed by atoms with Gasteiger partial charge in [0.25, 0.3) is 0 Å². The number of rotatable bonds is 18. The average Bonchev–Trinajstić information content (AvgIpc) is 2.86. The van der Waals surface area contributed by atoms with E-state index >= 15 is 0 Å². The molecule has 262 valence electrons. The third kappa shape index (κ3) is 52.2. The van der Waals surface area contributed by atoms with E-state index in [1.807, 2.05) is 0 Å². The van der Waals surface area contributed by atoms with Crippen molar-refractivity contribution in [1.82, 2.24) is 0 Å². The lowest BCUT2D eigenvalue weighted by Crippen LogP contribution is -2.24. The lowest BCUT2D eigenvalue weighted by molar-refractivity contribution is -0.434. The van der Waals surface area contributed by atoms with Crippen molar-refractivity contribution in [3.8, 4) is 0 Å². The molecule has 0 saturated heterocycles. The van der Waals surface area contributed by atoms with Crippen LogP contribution in [0.1, 0.15) is 139 Å². The summed E-state index contributed by atoms with van der Waals surface area (Å²) in [5.41, 5.74) is 10.6. The molecule has 0 aromatic rings. The first kappa shape index (κ1) is 47.8. The summed E-state index contributed by atoms with van der Waals surface area (Å²) in [7, 11) is -10.8. The topological polar surface area (TPSA) is 172 Å². The van der Waals surface area contributed by atoms with E-state index in [1.54, 1.807) is 0 Å². The molecular weight excluding hydrogens is 610 g/mol. The molecule has 8 nitrogen and oxygen atoms in total. The molecule has 0 N–H and O–H groups in total. The van der Waals surface area contributed by atoms with Crippen LogP contribution in [-0.2, 0) is 9.13 Å². The fourth-order valence-corrected chi connectivity index (χ4v) is 3.97. The van der Waals surface area contributed by atoms with Gasteiger partial charge in [-0.15, -0.1) is 0 Å². The van der Waals surface area contributed by atoms with Crippen LogP contribution in [0.4, 0.5) is 0 Å². The van der Waals surface area contributed by atoms with E-state index in [9.17, 15) is 0 Å². The maximum absolute atomic E-state index is 8.55. The van der Waals surface area contributed by atoms with E-state index in [0.29, 0.717) is 0 Å². The molecule has 0 aliphatic carbocycles. The SMILES string of the molecule is CC=C(C)CCC=C(C)CCC=C(C)CCC=C(C)CCC=C(C)CCC=C(C)CCC=C(C)C.O=P([O-])([O-])[O-].O=P([O-])([O-])[O-]. The van der Waals surface area contributed by atoms with E-state index < -0.39 is 15.6 Å². The predicted octanol–water partition coefficient (Wildman–Crippen LogP) is 6.68. The van der Waals surface area contributed by atoms with Gasteiger partial charge in [-0.05, 0) is 139 Å². The summed E-state index contributed by atoms with van der Waals surface area (Å²) in [5, 5.41) is 0. The monoisotopic (exact) mass is 668 g/mol. The van der Waals surface area contributed by atoms with E-state index in [1.165, 1.54) is 116 Å². The van der Waals surface area contributed by atoms with Gasteiger partial charge in [0.1, 0.15) is 0 Å². The summed E-state index contributed by atoms with van der Waals surface area (Å²) in [5.74, 6) is 0. The Morgan fingerprint density at radius 3 is 0.756 bits per heavy atom. The number of phosphoric acid groups is 2. The third-order valence-electron chi connectivity index (χ3n) is 6.74. The van der Waals surface area contributed by atoms with Crippen LogP contribution in [0.5, 0.6) is 0 Å². The van der Waals surface area contributed by atoms with E-state index in [4.69, 9.17) is 38.5 Å². The van der Waals surface area contributed by atoms with Gasteiger partial charge in [0.05, 0.1) is 0 Å². The Morgan fingerprint density at radius 2 is 0.578 bits per heavy atom. The molecule has 0 bridgehead atoms. The van der Waals surface area contributed by atoms with Gasteiger partial charge in [0, 0.05) is 0 Å². The molecule has 0 aliphatic heterocycles. The largest absolute Gasteiger partial charge is 0.822 e. The second-order valence-electron chi connectivity index (χ2n) is 11.8. The molecule has 0 fully saturated rings. The summed E-state index contributed by atoms with van der Waals surface area (Å²) < 4.78 is 17.1. The molecule has 0 unspecified atom stereocenters. The van der Waals surface area contributed by atoms with Crippen molar-refractivity contribution in [2.24, 2.45) is 0 Å². The Kier molecular flexibility index (Phi) is 30.4. The van der Waals surface area contributed by atoms with Gasteiger partial charge >= 0.3 is 0 Å². The van der Waals surface area contributed by atoms with Crippen LogP contribution in [-0.4, -0.2) is 0 Å². The Hall–Kier alpha value is -1.60. The normalized spacial score (nSPS) is 13.9. The average molecular weight is 669 g/mol. The standard InChI is InChI=1S/C35H58.2H3O4P/c1-10-30(4)18-12-20-32(6)22-14-24-34(8)26-16-28-35(9)27-15-25-33(7)23-13-21-31(5)19-11-17-29(2)3;2*1-5(2,3)4/h10,17,20-21,24-25,28H,11-16,18-19,22-23,26-27H2,1-9H3;2*(H3,1,2,3,4)/p-6. The minimum atomic E-state index is -5.39. The van der Waals surface area contributed by atoms with Gasteiger partial charge in [-0.3, -0.25) is 0 Å². The van der Waals surface area contributed by atoms with Crippen molar-refractivity contribution >= 4 is 15.6 Å². The lowest BCUT2D eigenvalue weighted by Gasteiger charge is -2.36. The highest BCUT2D eigenvalue weighted by Gasteiger charge is 1.96. The number of hydrogen-bond acceptors (Lipinski definition) is 8. The van der Waals surface area contributed by atoms with E-state index in [0.717, 1.165) is 0 Å². The molecule has 0 atom stereocenters. The summed E-state index contributed by atoms with van der Waals surface area (Å²) >= 11 is 0. The molecule has 0 aromatic heterocycles. The van der Waals surface area contributed by atoms with Crippen LogP contribution in [0.2, 0.25) is 0 Å². The highest BCUT2D eigenvalue weighted by Crippen LogP contribution is 2.16. The van der Waals surface area contributed by atoms with Crippen LogP contribution < -0.4 is 29.4 Å². The molecule has 0 heterocycles. The maximum Gasteiger partial charge on any atom is -0.0288 e. The smallest absolute Gasteiger partial charge is 0.0288 e. The van der Waals surface area contributed by atoms with Crippen LogP contribution >= 0.6 is 15.6 Å². The molecule has 0 radical (unpaired) electrons. The second-order valence-corrected chi connectivity index (χ2v) is 13.6. The van der Waals surface area contributed by atoms with Gasteiger partial charge in [-0.25, -0.2) is 0 Å². The molecule has 0 aliphatic rings. The molecule has 0 aromatic carbocycles. The minimum absolute atomic E-state index is 1.17. The fraction of sp³-hybridized carbons (Fsp3) is 0.600. The Labute approximate surface area is 274 Å². The van der Waals surface area contributed by atoms with E-state index in [2.05, 4.69) is 105 Å². The first-order valence-corrected chi connectivity index (χ1v) is 18.6. The Bertz CT molecular complexity index is 1070. The quantitative estimate of drug-likeness (QED) is 0.115. The summed E-state index contributed by atoms with van der Waals surface area (Å²) in [6.07, 6.45) is 31.0. The van der Waals surface area contributed by atoms with Gasteiger partial charge in [-0.2, -0.15) is 15.6 Å². The first-order chi connectivity index (χ1) is 20.6. The van der Waals surface area contributed by atoms with Crippen LogP contribution in [0.3, 0.4) is 0 Å². The molecular formula is C35H58O8P2-6. The summed E-state index contributed by atoms with van der Waals surface area (Å²) in [6, 6.07) is 0. The van der Waals surface area contributed by atoms with Gasteiger partial charge in [0.2, 0.25) is 0 Å². The van der Waals surface area contributed by atoms with Crippen molar-refractivity contribution in [1.29, 1.82) is 0 Å². The highest BCUT2D eigenvalue weighted by atomic mass is 31.2. The van der Waals surface area contributed by atoms with Crippen molar-refractivity contribution in [3.63, 3.8) is 0 Å². The molecule has 0 saturated carbocycles. The minimum Gasteiger partial charge on any atom is -0.822 e. The first-order valence-electron chi connectivity index (χ1n) is 15.6. The summed E-state index contributed by atoms with van der Waals surface area (Å²) in [4.78, 5) is 51.3. The van der Waals surface area contributed by atoms with Gasteiger partial charge < -0.3 is 38.5 Å². The van der Waals surface area contributed by atoms with Crippen LogP contribution in [0, 0.1) is 0 Å². The Morgan fingerprint density at radius 1 is 0.400 bits per heavy atom. The molecule has 45 heavy (non-hydrogen) atoms. The van der Waals surface area contributed by atoms with Gasteiger partial charge in [0.15, 0.2) is 0 Å². The van der Waals surface area contributed by atoms with Crippen molar-refractivity contribution < 1.29 is 38.5 Å². The van der Waals surface area contributed by atoms with Gasteiger partial charge in [-0.1, -0.05) is 81.5 Å². The zero-order valence-corrected chi connectivity index (χ0v) is 31.0. The predicted molar refractivity (Wildman–Crippen MR) is 178 cm³/mol. The maximum atomic E-state index is 8.55. The summed E-state index contributed by atoms with van der Waals surface area (Å²) in [6.45, 7) is 20.1. The third-order valence-corrected chi connectivity index (χ3v) is 6.74. The van der Waals surface area contributed by atoms with E-state index in [-0.39, 0.29) is 0 Å². The lowest BCUT2D eigenvalue weighted by atomic mass is 10.0. The number of hydrogen-bond donors (Lipinski definition) is 0. The Balaban J connectivity index is -0.00000151. The van der Waals surface area contributed by atoms with Crippen LogP contribution in [0.15, 0.2) is 81.5 Å². The zero-order chi connectivity index (χ0) is 35.5. The zero-order valence-electron chi connectivity index (χ0n) is 29.2. The molecule has 0 amide bonds. The van der Waals surface area contributed by atoms with Crippen molar-refractivity contribution in [2.45, 2.75) is 139 Å². The van der Waals surface area contributed by atoms with Crippen LogP contribution in [0.25, 0.3) is 0 Å². The fourth-order valence-electron chi connectivity index (χ4n) is 3.97. The van der Waals surface area contributed by atoms with Crippen molar-refractivity contribution in [2.75, 3.05) is 0 Å². The highest BCUT2D eigenvalue weighted by molar-refractivity contribution is 7.40. The second kappa shape index (κ2) is 28.6. The number of allylic oxidation sites excluding steroid dienone is 14. The molecule has 0 rings (SSSR count). The van der Waals surface area contributed by atoms with Crippen molar-refractivity contribution in [3.05, 3.63) is 81.5 Å². The molecule has 0 spiro atoms.